The molecule has 0 bridgehead atoms. The highest BCUT2D eigenvalue weighted by molar-refractivity contribution is 9.10. The van der Waals surface area contributed by atoms with Crippen LogP contribution in [0.3, 0.4) is 0 Å². The molecule has 2 aromatic rings. The molecule has 1 fully saturated rings. The third-order valence-corrected chi connectivity index (χ3v) is 5.45. The predicted molar refractivity (Wildman–Crippen MR) is 78.0 cm³/mol. The molecule has 0 amide bonds. The zero-order valence-electron chi connectivity index (χ0n) is 10.1. The topological polar surface area (TPSA) is 33.1 Å². The summed E-state index contributed by atoms with van der Waals surface area (Å²) in [6, 6.07) is 8.20. The number of benzene rings is 1. The van der Waals surface area contributed by atoms with Crippen molar-refractivity contribution >= 4 is 27.3 Å². The summed E-state index contributed by atoms with van der Waals surface area (Å²) in [5.74, 6) is 0. The van der Waals surface area contributed by atoms with Gasteiger partial charge in [0.1, 0.15) is 5.01 Å². The smallest absolute Gasteiger partial charge is 0.123 e. The van der Waals surface area contributed by atoms with Crippen molar-refractivity contribution in [3.05, 3.63) is 39.3 Å². The summed E-state index contributed by atoms with van der Waals surface area (Å²) in [6.07, 6.45) is 2.18. The van der Waals surface area contributed by atoms with Crippen molar-refractivity contribution in [1.82, 2.24) is 4.98 Å². The van der Waals surface area contributed by atoms with E-state index in [0.717, 1.165) is 33.6 Å². The quantitative estimate of drug-likeness (QED) is 0.929. The molecule has 3 rings (SSSR count). The lowest BCUT2D eigenvalue weighted by molar-refractivity contribution is 0.256. The number of thiazole rings is 1. The van der Waals surface area contributed by atoms with E-state index >= 15 is 0 Å². The summed E-state index contributed by atoms with van der Waals surface area (Å²) in [6.45, 7) is 2.29. The highest BCUT2D eigenvalue weighted by Gasteiger charge is 2.46. The van der Waals surface area contributed by atoms with E-state index in [0.29, 0.717) is 0 Å². The van der Waals surface area contributed by atoms with E-state index < -0.39 is 0 Å². The summed E-state index contributed by atoms with van der Waals surface area (Å²) in [5, 5.41) is 10.6. The number of hydrogen-bond acceptors (Lipinski definition) is 3. The molecule has 0 unspecified atom stereocenters. The average molecular weight is 324 g/mol. The molecule has 1 saturated carbocycles. The number of aliphatic hydroxyl groups is 1. The Morgan fingerprint density at radius 3 is 2.83 bits per heavy atom. The fourth-order valence-electron chi connectivity index (χ4n) is 2.24. The summed E-state index contributed by atoms with van der Waals surface area (Å²) < 4.78 is 1.07. The molecule has 94 valence electrons. The molecular formula is C14H14BrNOS. The minimum absolute atomic E-state index is 0.0199. The molecule has 2 nitrogen and oxygen atoms in total. The monoisotopic (exact) mass is 323 g/mol. The first kappa shape index (κ1) is 12.3. The van der Waals surface area contributed by atoms with Crippen LogP contribution < -0.4 is 0 Å². The van der Waals surface area contributed by atoms with E-state index in [-0.39, 0.29) is 12.0 Å². The predicted octanol–water partition coefficient (Wildman–Crippen LogP) is 3.90. The SMILES string of the molecule is Cc1nc(-c2cccc(Br)c2)sc1C1(CO)CC1. The summed E-state index contributed by atoms with van der Waals surface area (Å²) >= 11 is 5.21. The molecule has 0 atom stereocenters. The maximum Gasteiger partial charge on any atom is 0.123 e. The summed E-state index contributed by atoms with van der Waals surface area (Å²) in [5.41, 5.74) is 2.23. The zero-order chi connectivity index (χ0) is 12.8. The minimum Gasteiger partial charge on any atom is -0.395 e. The minimum atomic E-state index is 0.0199. The summed E-state index contributed by atoms with van der Waals surface area (Å²) in [4.78, 5) is 5.93. The standard InChI is InChI=1S/C14H14BrNOS/c1-9-12(14(8-17)5-6-14)18-13(16-9)10-3-2-4-11(15)7-10/h2-4,7,17H,5-6,8H2,1H3. The van der Waals surface area contributed by atoms with Gasteiger partial charge in [-0.05, 0) is 31.9 Å². The Balaban J connectivity index is 2.03. The maximum absolute atomic E-state index is 9.53. The van der Waals surface area contributed by atoms with E-state index in [1.165, 1.54) is 4.88 Å². The molecular weight excluding hydrogens is 310 g/mol. The largest absolute Gasteiger partial charge is 0.395 e. The van der Waals surface area contributed by atoms with Gasteiger partial charge in [0.25, 0.3) is 0 Å². The molecule has 1 aliphatic rings. The van der Waals surface area contributed by atoms with Crippen molar-refractivity contribution in [2.24, 2.45) is 0 Å². The van der Waals surface area contributed by atoms with Crippen LogP contribution in [0.2, 0.25) is 0 Å². The first-order valence-electron chi connectivity index (χ1n) is 5.99. The molecule has 18 heavy (non-hydrogen) atoms. The van der Waals surface area contributed by atoms with Gasteiger partial charge in [0, 0.05) is 20.3 Å². The molecule has 0 spiro atoms. The van der Waals surface area contributed by atoms with Gasteiger partial charge >= 0.3 is 0 Å². The fraction of sp³-hybridized carbons (Fsp3) is 0.357. The lowest BCUT2D eigenvalue weighted by Crippen LogP contribution is -2.11. The molecule has 0 saturated heterocycles. The second-order valence-electron chi connectivity index (χ2n) is 4.88. The van der Waals surface area contributed by atoms with Gasteiger partial charge in [0.15, 0.2) is 0 Å². The van der Waals surface area contributed by atoms with Crippen LogP contribution in [-0.4, -0.2) is 16.7 Å². The third-order valence-electron chi connectivity index (χ3n) is 3.51. The highest BCUT2D eigenvalue weighted by atomic mass is 79.9. The highest BCUT2D eigenvalue weighted by Crippen LogP contribution is 2.51. The van der Waals surface area contributed by atoms with Gasteiger partial charge in [-0.25, -0.2) is 4.98 Å². The lowest BCUT2D eigenvalue weighted by Gasteiger charge is -2.08. The van der Waals surface area contributed by atoms with E-state index in [1.807, 2.05) is 19.1 Å². The van der Waals surface area contributed by atoms with Crippen LogP contribution in [0, 0.1) is 6.92 Å². The molecule has 1 N–H and O–H groups in total. The van der Waals surface area contributed by atoms with Gasteiger partial charge in [-0.2, -0.15) is 0 Å². The molecule has 1 aliphatic carbocycles. The number of aliphatic hydroxyl groups excluding tert-OH is 1. The van der Waals surface area contributed by atoms with E-state index in [1.54, 1.807) is 11.3 Å². The first-order valence-corrected chi connectivity index (χ1v) is 7.60. The molecule has 1 aromatic carbocycles. The Hall–Kier alpha value is -0.710. The van der Waals surface area contributed by atoms with Gasteiger partial charge in [0.05, 0.1) is 12.3 Å². The summed E-state index contributed by atoms with van der Waals surface area (Å²) in [7, 11) is 0. The lowest BCUT2D eigenvalue weighted by atomic mass is 10.1. The van der Waals surface area contributed by atoms with Crippen LogP contribution >= 0.6 is 27.3 Å². The van der Waals surface area contributed by atoms with Gasteiger partial charge in [-0.3, -0.25) is 0 Å². The van der Waals surface area contributed by atoms with Gasteiger partial charge in [0.2, 0.25) is 0 Å². The van der Waals surface area contributed by atoms with Crippen molar-refractivity contribution in [2.75, 3.05) is 6.61 Å². The van der Waals surface area contributed by atoms with Gasteiger partial charge in [-0.15, -0.1) is 11.3 Å². The van der Waals surface area contributed by atoms with E-state index in [4.69, 9.17) is 0 Å². The average Bonchev–Trinajstić information content (AvgIpc) is 3.06. The number of hydrogen-bond donors (Lipinski definition) is 1. The Morgan fingerprint density at radius 2 is 2.22 bits per heavy atom. The van der Waals surface area contributed by atoms with Crippen molar-refractivity contribution in [1.29, 1.82) is 0 Å². The van der Waals surface area contributed by atoms with Crippen molar-refractivity contribution in [3.63, 3.8) is 0 Å². The Bertz CT molecular complexity index is 589. The third kappa shape index (κ3) is 2.02. The van der Waals surface area contributed by atoms with E-state index in [2.05, 4.69) is 33.0 Å². The maximum atomic E-state index is 9.53. The van der Waals surface area contributed by atoms with Crippen LogP contribution in [-0.2, 0) is 5.41 Å². The molecule has 4 heteroatoms. The molecule has 1 heterocycles. The number of aromatic nitrogens is 1. The van der Waals surface area contributed by atoms with Crippen LogP contribution in [0.15, 0.2) is 28.7 Å². The van der Waals surface area contributed by atoms with Crippen molar-refractivity contribution in [3.8, 4) is 10.6 Å². The normalized spacial score (nSPS) is 16.8. The first-order chi connectivity index (χ1) is 8.64. The Morgan fingerprint density at radius 1 is 1.44 bits per heavy atom. The Labute approximate surface area is 119 Å². The van der Waals surface area contributed by atoms with Gasteiger partial charge < -0.3 is 5.11 Å². The fourth-order valence-corrected chi connectivity index (χ4v) is 3.94. The van der Waals surface area contributed by atoms with Crippen molar-refractivity contribution in [2.45, 2.75) is 25.2 Å². The number of halogens is 1. The second kappa shape index (κ2) is 4.44. The zero-order valence-corrected chi connectivity index (χ0v) is 12.5. The number of rotatable bonds is 3. The molecule has 0 radical (unpaired) electrons. The van der Waals surface area contributed by atoms with Crippen LogP contribution in [0.25, 0.3) is 10.6 Å². The van der Waals surface area contributed by atoms with E-state index in [9.17, 15) is 5.11 Å². The van der Waals surface area contributed by atoms with Crippen molar-refractivity contribution < 1.29 is 5.11 Å². The Kier molecular flexibility index (Phi) is 3.04. The molecule has 0 aliphatic heterocycles. The van der Waals surface area contributed by atoms with Crippen LogP contribution in [0.5, 0.6) is 0 Å². The molecule has 1 aromatic heterocycles. The number of aryl methyl sites for hydroxylation is 1. The van der Waals surface area contributed by atoms with Gasteiger partial charge in [-0.1, -0.05) is 28.1 Å². The van der Waals surface area contributed by atoms with Crippen LogP contribution in [0.4, 0.5) is 0 Å². The van der Waals surface area contributed by atoms with Crippen LogP contribution in [0.1, 0.15) is 23.4 Å². The number of nitrogens with zero attached hydrogens (tertiary/aromatic N) is 1. The second-order valence-corrected chi connectivity index (χ2v) is 6.80.